The fraction of sp³-hybridized carbons (Fsp3) is 0.333. The summed E-state index contributed by atoms with van der Waals surface area (Å²) in [5.41, 5.74) is 8.23. The molecule has 2 aliphatic rings. The number of anilines is 1. The largest absolute Gasteiger partial charge is 0.370 e. The van der Waals surface area contributed by atoms with E-state index in [0.29, 0.717) is 27.4 Å². The maximum atomic E-state index is 13.2. The first-order valence-electron chi connectivity index (χ1n) is 12.7. The van der Waals surface area contributed by atoms with E-state index in [1.807, 2.05) is 6.92 Å². The van der Waals surface area contributed by atoms with Gasteiger partial charge in [-0.05, 0) is 48.2 Å². The van der Waals surface area contributed by atoms with Crippen LogP contribution < -0.4 is 21.7 Å². The van der Waals surface area contributed by atoms with Crippen molar-refractivity contribution in [3.8, 4) is 0 Å². The molecule has 12 nitrogen and oxygen atoms in total. The fourth-order valence-corrected chi connectivity index (χ4v) is 4.71. The van der Waals surface area contributed by atoms with E-state index in [0.717, 1.165) is 5.56 Å². The van der Waals surface area contributed by atoms with Crippen LogP contribution in [0.15, 0.2) is 36.4 Å². The number of carbonyl (C=O) groups excluding carboxylic acids is 6. The van der Waals surface area contributed by atoms with Crippen molar-refractivity contribution >= 4 is 52.9 Å². The Hall–Kier alpha value is -4.45. The lowest BCUT2D eigenvalue weighted by molar-refractivity contribution is -0.137. The van der Waals surface area contributed by atoms with Gasteiger partial charge in [0.25, 0.3) is 5.91 Å². The zero-order valence-corrected chi connectivity index (χ0v) is 22.5. The summed E-state index contributed by atoms with van der Waals surface area (Å²) < 4.78 is 0. The molecule has 4 rings (SSSR count). The average molecular weight is 569 g/mol. The number of halogens is 1. The number of hydrogen-bond acceptors (Lipinski definition) is 6. The molecule has 0 spiro atoms. The lowest BCUT2D eigenvalue weighted by atomic mass is 10.0. The van der Waals surface area contributed by atoms with Gasteiger partial charge in [0.1, 0.15) is 6.04 Å². The van der Waals surface area contributed by atoms with Crippen molar-refractivity contribution in [3.05, 3.63) is 63.7 Å². The monoisotopic (exact) mass is 568 g/mol. The van der Waals surface area contributed by atoms with Crippen LogP contribution in [0.25, 0.3) is 0 Å². The van der Waals surface area contributed by atoms with Crippen molar-refractivity contribution in [3.63, 3.8) is 0 Å². The highest BCUT2D eigenvalue weighted by Gasteiger charge is 2.39. The van der Waals surface area contributed by atoms with Crippen molar-refractivity contribution in [1.29, 1.82) is 0 Å². The Morgan fingerprint density at radius 1 is 1.12 bits per heavy atom. The number of nitrogens with one attached hydrogen (secondary N) is 3. The molecule has 5 N–H and O–H groups in total. The molecule has 210 valence electrons. The van der Waals surface area contributed by atoms with Crippen LogP contribution in [-0.2, 0) is 32.3 Å². The summed E-state index contributed by atoms with van der Waals surface area (Å²) in [7, 11) is 0. The van der Waals surface area contributed by atoms with Gasteiger partial charge in [0.05, 0.1) is 6.67 Å². The minimum absolute atomic E-state index is 0.0708. The molecule has 13 heteroatoms. The van der Waals surface area contributed by atoms with Gasteiger partial charge in [0, 0.05) is 48.6 Å². The molecular formula is C27H29ClN6O6. The Labute approximate surface area is 235 Å². The van der Waals surface area contributed by atoms with Gasteiger partial charge < -0.3 is 26.2 Å². The lowest BCUT2D eigenvalue weighted by Gasteiger charge is -2.29. The number of aryl methyl sites for hydroxylation is 1. The number of piperidine rings is 1. The summed E-state index contributed by atoms with van der Waals surface area (Å²) in [5.74, 6) is -2.22. The Bertz CT molecular complexity index is 1400. The van der Waals surface area contributed by atoms with Crippen molar-refractivity contribution in [1.82, 2.24) is 20.4 Å². The van der Waals surface area contributed by atoms with E-state index in [9.17, 15) is 28.8 Å². The maximum absolute atomic E-state index is 13.2. The number of benzene rings is 2. The zero-order chi connectivity index (χ0) is 29.0. The van der Waals surface area contributed by atoms with Gasteiger partial charge in [-0.3, -0.25) is 29.3 Å². The SMILES string of the molecule is Cc1ccc(NC(=O)N(CNC(=O)CCC(N)=O)Cc2ccc3c(c2)CN(C2CCC(=O)NC2=O)C3=O)cc1Cl. The first-order chi connectivity index (χ1) is 19.0. The molecule has 1 fully saturated rings. The molecule has 2 aromatic rings. The van der Waals surface area contributed by atoms with Crippen LogP contribution in [0.4, 0.5) is 10.5 Å². The van der Waals surface area contributed by atoms with Gasteiger partial charge >= 0.3 is 6.03 Å². The third-order valence-corrected chi connectivity index (χ3v) is 7.14. The summed E-state index contributed by atoms with van der Waals surface area (Å²) in [5, 5.41) is 8.14. The van der Waals surface area contributed by atoms with E-state index in [-0.39, 0.29) is 57.3 Å². The number of primary amides is 1. The number of urea groups is 1. The maximum Gasteiger partial charge on any atom is 0.323 e. The van der Waals surface area contributed by atoms with Gasteiger partial charge in [0.2, 0.25) is 23.6 Å². The Morgan fingerprint density at radius 3 is 2.60 bits per heavy atom. The number of nitrogens with two attached hydrogens (primary N) is 1. The lowest BCUT2D eigenvalue weighted by Crippen LogP contribution is -2.52. The van der Waals surface area contributed by atoms with E-state index in [4.69, 9.17) is 17.3 Å². The minimum Gasteiger partial charge on any atom is -0.370 e. The molecule has 1 atom stereocenters. The molecule has 2 aliphatic heterocycles. The standard InChI is InChI=1S/C27H29ClN6O6/c1-15-2-4-18(11-20(15)28)31-27(40)33(14-30-23(36)9-7-22(29)35)12-16-3-5-19-17(10-16)13-34(26(19)39)21-6-8-24(37)32-25(21)38/h2-5,10-11,21H,6-9,12-14H2,1H3,(H2,29,35)(H,30,36)(H,31,40)(H,32,37,38). The number of fused-ring (bicyclic) bond motifs is 1. The molecule has 0 radical (unpaired) electrons. The third kappa shape index (κ3) is 6.75. The van der Waals surface area contributed by atoms with Crippen LogP contribution in [-0.4, -0.2) is 58.1 Å². The first-order valence-corrected chi connectivity index (χ1v) is 13.0. The van der Waals surface area contributed by atoms with E-state index in [2.05, 4.69) is 16.0 Å². The second-order valence-electron chi connectivity index (χ2n) is 9.71. The molecule has 0 aromatic heterocycles. The van der Waals surface area contributed by atoms with E-state index < -0.39 is 29.8 Å². The van der Waals surface area contributed by atoms with E-state index in [1.54, 1.807) is 36.4 Å². The summed E-state index contributed by atoms with van der Waals surface area (Å²) in [6, 6.07) is 8.94. The summed E-state index contributed by atoms with van der Waals surface area (Å²) in [6.45, 7) is 1.93. The molecule has 7 amide bonds. The Balaban J connectivity index is 1.49. The summed E-state index contributed by atoms with van der Waals surface area (Å²) >= 11 is 6.19. The second-order valence-corrected chi connectivity index (χ2v) is 10.1. The highest BCUT2D eigenvalue weighted by molar-refractivity contribution is 6.31. The normalized spacial score (nSPS) is 16.3. The van der Waals surface area contributed by atoms with Crippen molar-refractivity contribution in [2.75, 3.05) is 12.0 Å². The second kappa shape index (κ2) is 12.2. The van der Waals surface area contributed by atoms with E-state index >= 15 is 0 Å². The topological polar surface area (TPSA) is 171 Å². The van der Waals surface area contributed by atoms with Gasteiger partial charge in [-0.15, -0.1) is 0 Å². The van der Waals surface area contributed by atoms with E-state index in [1.165, 1.54) is 9.80 Å². The number of amides is 7. The highest BCUT2D eigenvalue weighted by Crippen LogP contribution is 2.28. The minimum atomic E-state index is -0.736. The molecule has 0 bridgehead atoms. The number of hydrogen-bond donors (Lipinski definition) is 4. The third-order valence-electron chi connectivity index (χ3n) is 6.74. The molecule has 0 saturated carbocycles. The number of imide groups is 1. The van der Waals surface area contributed by atoms with Crippen molar-refractivity contribution in [2.24, 2.45) is 5.73 Å². The van der Waals surface area contributed by atoms with Gasteiger partial charge in [-0.2, -0.15) is 0 Å². The van der Waals surface area contributed by atoms with Crippen molar-refractivity contribution in [2.45, 2.75) is 51.7 Å². The molecule has 0 aliphatic carbocycles. The van der Waals surface area contributed by atoms with Crippen LogP contribution in [0.1, 0.15) is 52.7 Å². The van der Waals surface area contributed by atoms with Gasteiger partial charge in [-0.1, -0.05) is 29.8 Å². The summed E-state index contributed by atoms with van der Waals surface area (Å²) in [6.07, 6.45) is 0.171. The first kappa shape index (κ1) is 28.6. The quantitative estimate of drug-likeness (QED) is 0.265. The summed E-state index contributed by atoms with van der Waals surface area (Å²) in [4.78, 5) is 76.1. The smallest absolute Gasteiger partial charge is 0.323 e. The van der Waals surface area contributed by atoms with Crippen LogP contribution in [0.3, 0.4) is 0 Å². The van der Waals surface area contributed by atoms with Crippen LogP contribution in [0.2, 0.25) is 5.02 Å². The predicted molar refractivity (Wildman–Crippen MR) is 145 cm³/mol. The molecule has 40 heavy (non-hydrogen) atoms. The average Bonchev–Trinajstić information content (AvgIpc) is 3.22. The zero-order valence-electron chi connectivity index (χ0n) is 21.8. The molecule has 1 unspecified atom stereocenters. The molecule has 2 aromatic carbocycles. The molecule has 2 heterocycles. The van der Waals surface area contributed by atoms with Gasteiger partial charge in [-0.25, -0.2) is 4.79 Å². The predicted octanol–water partition coefficient (Wildman–Crippen LogP) is 1.78. The number of carbonyl (C=O) groups is 6. The van der Waals surface area contributed by atoms with Crippen molar-refractivity contribution < 1.29 is 28.8 Å². The number of nitrogens with zero attached hydrogens (tertiary/aromatic N) is 2. The fourth-order valence-electron chi connectivity index (χ4n) is 4.53. The molecule has 1 saturated heterocycles. The van der Waals surface area contributed by atoms with Gasteiger partial charge in [0.15, 0.2) is 0 Å². The number of rotatable bonds is 9. The Morgan fingerprint density at radius 2 is 1.90 bits per heavy atom. The van der Waals surface area contributed by atoms with Crippen LogP contribution in [0, 0.1) is 6.92 Å². The van der Waals surface area contributed by atoms with Crippen LogP contribution >= 0.6 is 11.6 Å². The molecular weight excluding hydrogens is 540 g/mol. The highest BCUT2D eigenvalue weighted by atomic mass is 35.5. The Kier molecular flexibility index (Phi) is 8.68. The van der Waals surface area contributed by atoms with Crippen LogP contribution in [0.5, 0.6) is 0 Å².